The van der Waals surface area contributed by atoms with Crippen molar-refractivity contribution in [2.45, 2.75) is 9.79 Å². The van der Waals surface area contributed by atoms with E-state index >= 15 is 0 Å². The molecule has 0 heterocycles. The lowest BCUT2D eigenvalue weighted by Gasteiger charge is -2.06. The van der Waals surface area contributed by atoms with Crippen molar-refractivity contribution in [1.82, 2.24) is 0 Å². The van der Waals surface area contributed by atoms with Gasteiger partial charge in [-0.1, -0.05) is 46.6 Å². The Balaban J connectivity index is 2.28. The van der Waals surface area contributed by atoms with Gasteiger partial charge >= 0.3 is 0 Å². The van der Waals surface area contributed by atoms with E-state index in [1.165, 1.54) is 11.8 Å². The van der Waals surface area contributed by atoms with Gasteiger partial charge in [0.15, 0.2) is 0 Å². The Morgan fingerprint density at radius 3 is 2.24 bits per heavy atom. The highest BCUT2D eigenvalue weighted by Gasteiger charge is 2.05. The summed E-state index contributed by atoms with van der Waals surface area (Å²) in [6, 6.07) is 10.9. The molecule has 0 fully saturated rings. The van der Waals surface area contributed by atoms with Gasteiger partial charge in [0.25, 0.3) is 0 Å². The minimum Gasteiger partial charge on any atom is -0.399 e. The quantitative estimate of drug-likeness (QED) is 0.754. The summed E-state index contributed by atoms with van der Waals surface area (Å²) in [5.41, 5.74) is 6.28. The fourth-order valence-corrected chi connectivity index (χ4v) is 2.79. The Labute approximate surface area is 119 Å². The minimum absolute atomic E-state index is 0.531. The number of nitrogen functional groups attached to an aromatic ring is 1. The zero-order valence-electron chi connectivity index (χ0n) is 8.58. The van der Waals surface area contributed by atoms with Crippen LogP contribution in [-0.4, -0.2) is 0 Å². The van der Waals surface area contributed by atoms with E-state index in [2.05, 4.69) is 0 Å². The largest absolute Gasteiger partial charge is 0.399 e. The lowest BCUT2D eigenvalue weighted by atomic mass is 10.3. The van der Waals surface area contributed by atoms with Gasteiger partial charge in [0, 0.05) is 15.5 Å². The molecule has 0 aromatic heterocycles. The summed E-state index contributed by atoms with van der Waals surface area (Å²) in [4.78, 5) is 1.91. The number of hydrogen-bond donors (Lipinski definition) is 1. The van der Waals surface area contributed by atoms with E-state index in [1.807, 2.05) is 18.2 Å². The molecule has 0 amide bonds. The maximum atomic E-state index is 6.09. The number of benzene rings is 2. The van der Waals surface area contributed by atoms with Crippen LogP contribution < -0.4 is 5.73 Å². The molecule has 1 nitrogen and oxygen atoms in total. The molecule has 0 unspecified atom stereocenters. The average Bonchev–Trinajstić information content (AvgIpc) is 2.27. The van der Waals surface area contributed by atoms with E-state index in [0.29, 0.717) is 20.8 Å². The van der Waals surface area contributed by atoms with E-state index in [-0.39, 0.29) is 0 Å². The van der Waals surface area contributed by atoms with Crippen LogP contribution in [0.3, 0.4) is 0 Å². The van der Waals surface area contributed by atoms with Gasteiger partial charge in [0.1, 0.15) is 0 Å². The Morgan fingerprint density at radius 2 is 1.59 bits per heavy atom. The van der Waals surface area contributed by atoms with Crippen LogP contribution >= 0.6 is 46.6 Å². The summed E-state index contributed by atoms with van der Waals surface area (Å²) < 4.78 is 0. The number of nitrogens with two attached hydrogens (primary N) is 1. The van der Waals surface area contributed by atoms with Crippen LogP contribution in [0.15, 0.2) is 46.2 Å². The van der Waals surface area contributed by atoms with Crippen molar-refractivity contribution in [3.8, 4) is 0 Å². The molecule has 0 saturated heterocycles. The van der Waals surface area contributed by atoms with Crippen molar-refractivity contribution in [2.24, 2.45) is 0 Å². The molecule has 0 aliphatic heterocycles. The van der Waals surface area contributed by atoms with Crippen LogP contribution in [0.4, 0.5) is 5.69 Å². The third kappa shape index (κ3) is 3.23. The molecule has 0 bridgehead atoms. The van der Waals surface area contributed by atoms with Crippen molar-refractivity contribution in [3.63, 3.8) is 0 Å². The monoisotopic (exact) mass is 303 g/mol. The van der Waals surface area contributed by atoms with Gasteiger partial charge in [-0.3, -0.25) is 0 Å². The minimum atomic E-state index is 0.531. The van der Waals surface area contributed by atoms with Crippen LogP contribution in [0.2, 0.25) is 15.1 Å². The lowest BCUT2D eigenvalue weighted by molar-refractivity contribution is 1.41. The van der Waals surface area contributed by atoms with Crippen molar-refractivity contribution in [2.75, 3.05) is 5.73 Å². The van der Waals surface area contributed by atoms with Crippen LogP contribution in [0.25, 0.3) is 0 Å². The first-order chi connectivity index (χ1) is 8.06. The molecule has 88 valence electrons. The Hall–Kier alpha value is -0.540. The molecule has 0 atom stereocenters. The van der Waals surface area contributed by atoms with Gasteiger partial charge in [-0.15, -0.1) is 0 Å². The second kappa shape index (κ2) is 5.40. The van der Waals surface area contributed by atoms with Gasteiger partial charge in [-0.05, 0) is 36.4 Å². The summed E-state index contributed by atoms with van der Waals surface area (Å²) in [5, 5.41) is 1.70. The van der Waals surface area contributed by atoms with E-state index in [1.54, 1.807) is 18.2 Å². The normalized spacial score (nSPS) is 10.5. The van der Waals surface area contributed by atoms with Crippen molar-refractivity contribution >= 4 is 52.3 Å². The van der Waals surface area contributed by atoms with Crippen LogP contribution in [-0.2, 0) is 0 Å². The second-order valence-corrected chi connectivity index (χ2v) is 5.70. The van der Waals surface area contributed by atoms with Crippen molar-refractivity contribution < 1.29 is 0 Å². The first-order valence-electron chi connectivity index (χ1n) is 4.74. The molecule has 2 rings (SSSR count). The Bertz CT molecular complexity index is 557. The molecule has 2 aromatic rings. The highest BCUT2D eigenvalue weighted by Crippen LogP contribution is 2.36. The van der Waals surface area contributed by atoms with Gasteiger partial charge in [-0.2, -0.15) is 0 Å². The fourth-order valence-electron chi connectivity index (χ4n) is 1.27. The van der Waals surface area contributed by atoms with Gasteiger partial charge < -0.3 is 5.73 Å². The van der Waals surface area contributed by atoms with E-state index in [4.69, 9.17) is 40.5 Å². The standard InChI is InChI=1S/C12H8Cl3NS/c13-9-3-2-8(6-10(9)14)17-12-4-1-7(16)5-11(12)15/h1-6H,16H2. The molecular formula is C12H8Cl3NS. The van der Waals surface area contributed by atoms with Gasteiger partial charge in [0.05, 0.1) is 15.1 Å². The topological polar surface area (TPSA) is 26.0 Å². The average molecular weight is 305 g/mol. The molecule has 5 heteroatoms. The van der Waals surface area contributed by atoms with E-state index < -0.39 is 0 Å². The first-order valence-corrected chi connectivity index (χ1v) is 6.69. The molecule has 0 spiro atoms. The van der Waals surface area contributed by atoms with Gasteiger partial charge in [0.2, 0.25) is 0 Å². The number of rotatable bonds is 2. The Morgan fingerprint density at radius 1 is 0.824 bits per heavy atom. The van der Waals surface area contributed by atoms with Gasteiger partial charge in [-0.25, -0.2) is 0 Å². The van der Waals surface area contributed by atoms with Crippen LogP contribution in [0, 0.1) is 0 Å². The Kier molecular flexibility index (Phi) is 4.10. The molecule has 2 aromatic carbocycles. The summed E-state index contributed by atoms with van der Waals surface area (Å²) in [6.07, 6.45) is 0. The summed E-state index contributed by atoms with van der Waals surface area (Å²) in [5.74, 6) is 0. The molecule has 17 heavy (non-hydrogen) atoms. The van der Waals surface area contributed by atoms with Crippen molar-refractivity contribution in [1.29, 1.82) is 0 Å². The lowest BCUT2D eigenvalue weighted by Crippen LogP contribution is -1.84. The molecule has 0 radical (unpaired) electrons. The predicted molar refractivity (Wildman–Crippen MR) is 76.4 cm³/mol. The van der Waals surface area contributed by atoms with Crippen molar-refractivity contribution in [3.05, 3.63) is 51.5 Å². The number of hydrogen-bond acceptors (Lipinski definition) is 2. The van der Waals surface area contributed by atoms with E-state index in [0.717, 1.165) is 9.79 Å². The SMILES string of the molecule is Nc1ccc(Sc2ccc(Cl)c(Cl)c2)c(Cl)c1. The summed E-state index contributed by atoms with van der Waals surface area (Å²) in [7, 11) is 0. The first kappa shape index (κ1) is 12.9. The third-order valence-electron chi connectivity index (χ3n) is 2.07. The number of halogens is 3. The third-order valence-corrected chi connectivity index (χ3v) is 4.30. The molecule has 0 saturated carbocycles. The molecule has 0 aliphatic rings. The predicted octanol–water partition coefficient (Wildman–Crippen LogP) is 5.38. The van der Waals surface area contributed by atoms with E-state index in [9.17, 15) is 0 Å². The zero-order chi connectivity index (χ0) is 12.4. The highest BCUT2D eigenvalue weighted by atomic mass is 35.5. The second-order valence-electron chi connectivity index (χ2n) is 3.37. The molecular weight excluding hydrogens is 297 g/mol. The zero-order valence-corrected chi connectivity index (χ0v) is 11.7. The smallest absolute Gasteiger partial charge is 0.0603 e. The maximum Gasteiger partial charge on any atom is 0.0603 e. The van der Waals surface area contributed by atoms with Crippen LogP contribution in [0.1, 0.15) is 0 Å². The summed E-state index contributed by atoms with van der Waals surface area (Å²) in [6.45, 7) is 0. The fraction of sp³-hybridized carbons (Fsp3) is 0. The maximum absolute atomic E-state index is 6.09. The number of anilines is 1. The highest BCUT2D eigenvalue weighted by molar-refractivity contribution is 7.99. The van der Waals surface area contributed by atoms with Crippen LogP contribution in [0.5, 0.6) is 0 Å². The molecule has 0 aliphatic carbocycles. The summed E-state index contributed by atoms with van der Waals surface area (Å²) >= 11 is 19.4. The molecule has 2 N–H and O–H groups in total.